The van der Waals surface area contributed by atoms with Crippen molar-refractivity contribution in [3.63, 3.8) is 0 Å². The van der Waals surface area contributed by atoms with E-state index in [1.165, 1.54) is 0 Å². The second kappa shape index (κ2) is 9.73. The summed E-state index contributed by atoms with van der Waals surface area (Å²) in [5, 5.41) is 13.9. The fraction of sp³-hybridized carbons (Fsp3) is 0. The molecule has 0 bridgehead atoms. The Morgan fingerprint density at radius 2 is 1.29 bits per heavy atom. The van der Waals surface area contributed by atoms with E-state index in [1.54, 1.807) is 0 Å². The summed E-state index contributed by atoms with van der Waals surface area (Å²) in [7, 11) is 0. The second-order valence-electron chi connectivity index (χ2n) is 0.364. The van der Waals surface area contributed by atoms with Gasteiger partial charge in [-0.25, -0.2) is 4.79 Å². The molecule has 0 aliphatic carbocycles. The Morgan fingerprint density at radius 3 is 1.29 bits per heavy atom. The van der Waals surface area contributed by atoms with Crippen molar-refractivity contribution in [1.29, 1.82) is 0 Å². The second-order valence-corrected chi connectivity index (χ2v) is 0.888. The van der Waals surface area contributed by atoms with Gasteiger partial charge < -0.3 is 10.2 Å². The molecule has 5 nitrogen and oxygen atoms in total. The van der Waals surface area contributed by atoms with Crippen molar-refractivity contribution in [2.75, 3.05) is 0 Å². The normalized spacial score (nSPS) is 6.00. The van der Waals surface area contributed by atoms with Crippen LogP contribution in [-0.4, -0.2) is 19.3 Å². The van der Waals surface area contributed by atoms with E-state index in [0.29, 0.717) is 0 Å². The first-order chi connectivity index (χ1) is 3.15. The van der Waals surface area contributed by atoms with Crippen molar-refractivity contribution in [3.8, 4) is 0 Å². The standard InChI is InChI=1S/CH2O3.2H2O.Sm/c2-1(3)4;;;/h(H2,2,3,4);2*1H2;/q;;;+2/p-2. The Morgan fingerprint density at radius 1 is 1.29 bits per heavy atom. The summed E-state index contributed by atoms with van der Waals surface area (Å²) in [6.07, 6.45) is -1.83. The average Bonchev–Trinajstić information content (AvgIpc) is 1.33. The fourth-order valence-electron chi connectivity index (χ4n) is 0. The van der Waals surface area contributed by atoms with Crippen LogP contribution in [0, 0.1) is 37.5 Å². The van der Waals surface area contributed by atoms with Crippen molar-refractivity contribution in [3.05, 3.63) is 0 Å². The van der Waals surface area contributed by atoms with Crippen molar-refractivity contribution in [2.24, 2.45) is 0 Å². The predicted molar refractivity (Wildman–Crippen MR) is 15.1 cm³/mol. The van der Waals surface area contributed by atoms with E-state index in [2.05, 4.69) is 0 Å². The zero-order valence-electron chi connectivity index (χ0n) is 3.11. The Kier molecular flexibility index (Phi) is 14.6. The molecule has 7 heavy (non-hydrogen) atoms. The summed E-state index contributed by atoms with van der Waals surface area (Å²) in [4.78, 5) is 8.56. The first-order valence-corrected chi connectivity index (χ1v) is 3.36. The van der Waals surface area contributed by atoms with E-state index >= 15 is 0 Å². The van der Waals surface area contributed by atoms with Gasteiger partial charge in [-0.3, -0.25) is 0 Å². The molecule has 0 aliphatic rings. The van der Waals surface area contributed by atoms with E-state index in [-0.39, 0.29) is 0 Å². The Bertz CT molecular complexity index is 39.3. The van der Waals surface area contributed by atoms with Crippen LogP contribution in [-0.2, 0) is 0 Å². The molecular formula is CH4O5Sm. The molecular weight excluding hydrogens is 242 g/mol. The molecule has 0 rings (SSSR count). The fourth-order valence-corrected chi connectivity index (χ4v) is 0. The van der Waals surface area contributed by atoms with Gasteiger partial charge in [0, 0.05) is 0 Å². The molecule has 0 aromatic carbocycles. The Balaban J connectivity index is 0. The van der Waals surface area contributed by atoms with Crippen LogP contribution in [0.25, 0.3) is 0 Å². The summed E-state index contributed by atoms with van der Waals surface area (Å²) < 4.78 is 14.6. The number of rotatable bonds is 0. The molecule has 0 saturated heterocycles. The third-order valence-electron chi connectivity index (χ3n) is 0. The monoisotopic (exact) mass is 248 g/mol. The van der Waals surface area contributed by atoms with Gasteiger partial charge in [-0.2, -0.15) is 0 Å². The van der Waals surface area contributed by atoms with Crippen LogP contribution in [0.4, 0.5) is 4.79 Å². The maximum absolute atomic E-state index is 8.56. The molecule has 4 N–H and O–H groups in total. The summed E-state index contributed by atoms with van der Waals surface area (Å²) in [5.74, 6) is 0. The third-order valence-corrected chi connectivity index (χ3v) is 0. The summed E-state index contributed by atoms with van der Waals surface area (Å²) >= 11 is -1.75. The molecule has 0 aliphatic heterocycles. The number of carboxylic acid groups (broad SMARTS) is 2. The first kappa shape index (κ1) is 10.5. The van der Waals surface area contributed by atoms with Gasteiger partial charge in [0.05, 0.1) is 0 Å². The predicted octanol–water partition coefficient (Wildman–Crippen LogP) is -0.892. The van der Waals surface area contributed by atoms with Gasteiger partial charge in [0.25, 0.3) is 0 Å². The van der Waals surface area contributed by atoms with Crippen molar-refractivity contribution >= 4 is 6.16 Å². The molecule has 0 aromatic rings. The van der Waals surface area contributed by atoms with Gasteiger partial charge in [0.15, 0.2) is 0 Å². The average molecular weight is 246 g/mol. The molecule has 0 spiro atoms. The van der Waals surface area contributed by atoms with Gasteiger partial charge in [0.2, 0.25) is 0 Å². The summed E-state index contributed by atoms with van der Waals surface area (Å²) in [5.41, 5.74) is 0. The van der Waals surface area contributed by atoms with Crippen molar-refractivity contribution < 1.29 is 55.5 Å². The summed E-state index contributed by atoms with van der Waals surface area (Å²) in [6.45, 7) is 0. The minimum atomic E-state index is -1.83. The van der Waals surface area contributed by atoms with Crippen LogP contribution in [0.3, 0.4) is 0 Å². The third kappa shape index (κ3) is 481. The topological polar surface area (TPSA) is 98.0 Å². The molecule has 0 fully saturated rings. The molecule has 0 aromatic heterocycles. The minimum absolute atomic E-state index is 1.75. The summed E-state index contributed by atoms with van der Waals surface area (Å²) in [6, 6.07) is 0. The van der Waals surface area contributed by atoms with Gasteiger partial charge in [-0.05, 0) is 0 Å². The van der Waals surface area contributed by atoms with E-state index in [9.17, 15) is 0 Å². The van der Waals surface area contributed by atoms with Gasteiger partial charge in [-0.15, -0.1) is 0 Å². The van der Waals surface area contributed by atoms with E-state index in [0.717, 1.165) is 0 Å². The van der Waals surface area contributed by atoms with Crippen molar-refractivity contribution in [2.45, 2.75) is 0 Å². The molecule has 0 saturated carbocycles. The van der Waals surface area contributed by atoms with E-state index < -0.39 is 43.6 Å². The number of carbonyl (C=O) groups is 1. The zero-order chi connectivity index (χ0) is 6.28. The SMILES string of the molecule is O=C(O)O.[OH][Sm][OH]. The molecule has 44 valence electrons. The zero-order valence-corrected chi connectivity index (χ0v) is 5.72. The van der Waals surface area contributed by atoms with Crippen LogP contribution in [0.1, 0.15) is 0 Å². The molecule has 6 heteroatoms. The van der Waals surface area contributed by atoms with E-state index in [1.807, 2.05) is 0 Å². The van der Waals surface area contributed by atoms with Gasteiger partial charge >= 0.3 is 46.6 Å². The Labute approximate surface area is 61.2 Å². The first-order valence-electron chi connectivity index (χ1n) is 1.02. The number of hydrogen-bond acceptors (Lipinski definition) is 3. The Hall–Kier alpha value is 0.528. The van der Waals surface area contributed by atoms with Crippen LogP contribution >= 0.6 is 0 Å². The van der Waals surface area contributed by atoms with E-state index in [4.69, 9.17) is 18.0 Å². The number of hydrogen-bond donors (Lipinski definition) is 4. The van der Waals surface area contributed by atoms with Crippen LogP contribution in [0.5, 0.6) is 0 Å². The van der Waals surface area contributed by atoms with Crippen LogP contribution in [0.2, 0.25) is 0 Å². The van der Waals surface area contributed by atoms with Crippen LogP contribution in [0.15, 0.2) is 0 Å². The molecule has 0 heterocycles. The van der Waals surface area contributed by atoms with Crippen molar-refractivity contribution in [1.82, 2.24) is 0 Å². The maximum atomic E-state index is 8.56. The quantitative estimate of drug-likeness (QED) is 0.444. The molecule has 0 atom stereocenters. The molecule has 0 amide bonds. The van der Waals surface area contributed by atoms with Crippen LogP contribution < -0.4 is 0 Å². The molecule has 0 radical (unpaired) electrons. The molecule has 0 unspecified atom stereocenters. The van der Waals surface area contributed by atoms with Gasteiger partial charge in [-0.1, -0.05) is 0 Å². The van der Waals surface area contributed by atoms with Gasteiger partial charge in [0.1, 0.15) is 0 Å².